The summed E-state index contributed by atoms with van der Waals surface area (Å²) in [7, 11) is 0. The number of nitrogens with zero attached hydrogens (tertiary/aromatic N) is 3. The van der Waals surface area contributed by atoms with Crippen LogP contribution in [0.4, 0.5) is 5.82 Å². The Morgan fingerprint density at radius 3 is 2.85 bits per heavy atom. The van der Waals surface area contributed by atoms with Gasteiger partial charge in [-0.05, 0) is 30.9 Å². The summed E-state index contributed by atoms with van der Waals surface area (Å²) in [5, 5.41) is 10.1. The van der Waals surface area contributed by atoms with Crippen molar-refractivity contribution in [3.8, 4) is 11.3 Å². The second-order valence-corrected chi connectivity index (χ2v) is 6.88. The summed E-state index contributed by atoms with van der Waals surface area (Å²) in [5.74, 6) is 1.34. The Bertz CT molecular complexity index is 878. The van der Waals surface area contributed by atoms with E-state index in [9.17, 15) is 4.79 Å². The molecule has 1 amide bonds. The van der Waals surface area contributed by atoms with E-state index in [0.29, 0.717) is 18.0 Å². The molecule has 0 bridgehead atoms. The molecule has 6 nitrogen and oxygen atoms in total. The van der Waals surface area contributed by atoms with Crippen molar-refractivity contribution in [3.05, 3.63) is 66.5 Å². The van der Waals surface area contributed by atoms with Gasteiger partial charge in [-0.2, -0.15) is 5.10 Å². The number of benzene rings is 1. The van der Waals surface area contributed by atoms with Crippen LogP contribution in [0.5, 0.6) is 0 Å². The predicted molar refractivity (Wildman–Crippen MR) is 106 cm³/mol. The van der Waals surface area contributed by atoms with E-state index < -0.39 is 0 Å². The van der Waals surface area contributed by atoms with Gasteiger partial charge in [0.25, 0.3) is 5.91 Å². The van der Waals surface area contributed by atoms with Gasteiger partial charge in [-0.1, -0.05) is 36.4 Å². The maximum atomic E-state index is 12.7. The zero-order valence-electron chi connectivity index (χ0n) is 15.1. The third-order valence-corrected chi connectivity index (χ3v) is 4.99. The highest BCUT2D eigenvalue weighted by Gasteiger charge is 2.22. The molecule has 1 saturated heterocycles. The Morgan fingerprint density at radius 2 is 2.04 bits per heavy atom. The number of H-pyrrole nitrogens is 1. The fourth-order valence-electron chi connectivity index (χ4n) is 3.60. The molecule has 27 heavy (non-hydrogen) atoms. The molecule has 0 aliphatic carbocycles. The standard InChI is InChI=1S/C21H23N5O/c27-21(18-14-24-25-20(18)17-8-2-1-3-9-17)23-13-16-7-6-12-26(15-16)19-10-4-5-11-22-19/h1-5,8-11,14,16H,6-7,12-13,15H2,(H,23,27)(H,24,25)/t16-/m1/s1. The summed E-state index contributed by atoms with van der Waals surface area (Å²) in [6, 6.07) is 15.8. The number of hydrogen-bond acceptors (Lipinski definition) is 4. The average molecular weight is 361 g/mol. The van der Waals surface area contributed by atoms with Gasteiger partial charge in [0.2, 0.25) is 0 Å². The van der Waals surface area contributed by atoms with Gasteiger partial charge in [-0.15, -0.1) is 0 Å². The number of piperidine rings is 1. The summed E-state index contributed by atoms with van der Waals surface area (Å²) >= 11 is 0. The Kier molecular flexibility index (Phi) is 5.14. The Labute approximate surface area is 158 Å². The molecule has 1 aliphatic rings. The molecular weight excluding hydrogens is 338 g/mol. The van der Waals surface area contributed by atoms with Crippen LogP contribution in [-0.4, -0.2) is 40.7 Å². The highest BCUT2D eigenvalue weighted by atomic mass is 16.1. The molecule has 1 aliphatic heterocycles. The molecule has 1 atom stereocenters. The number of pyridine rings is 1. The quantitative estimate of drug-likeness (QED) is 0.732. The van der Waals surface area contributed by atoms with Gasteiger partial charge in [0, 0.05) is 31.4 Å². The van der Waals surface area contributed by atoms with Crippen LogP contribution in [0.2, 0.25) is 0 Å². The molecule has 1 fully saturated rings. The van der Waals surface area contributed by atoms with Gasteiger partial charge in [-0.3, -0.25) is 9.89 Å². The van der Waals surface area contributed by atoms with Crippen LogP contribution < -0.4 is 10.2 Å². The largest absolute Gasteiger partial charge is 0.356 e. The van der Waals surface area contributed by atoms with Crippen molar-refractivity contribution < 1.29 is 4.79 Å². The lowest BCUT2D eigenvalue weighted by atomic mass is 9.97. The summed E-state index contributed by atoms with van der Waals surface area (Å²) in [6.07, 6.45) is 5.64. The molecule has 2 aromatic heterocycles. The average Bonchev–Trinajstić information content (AvgIpc) is 3.24. The normalized spacial score (nSPS) is 16.9. The fraction of sp³-hybridized carbons (Fsp3) is 0.286. The van der Waals surface area contributed by atoms with Crippen molar-refractivity contribution in [1.82, 2.24) is 20.5 Å². The minimum atomic E-state index is -0.0856. The van der Waals surface area contributed by atoms with Gasteiger partial charge in [-0.25, -0.2) is 4.98 Å². The van der Waals surface area contributed by atoms with E-state index in [4.69, 9.17) is 0 Å². The van der Waals surface area contributed by atoms with E-state index in [1.165, 1.54) is 0 Å². The monoisotopic (exact) mass is 361 g/mol. The zero-order chi connectivity index (χ0) is 18.5. The van der Waals surface area contributed by atoms with Crippen molar-refractivity contribution >= 4 is 11.7 Å². The van der Waals surface area contributed by atoms with Gasteiger partial charge in [0.05, 0.1) is 17.5 Å². The topological polar surface area (TPSA) is 73.9 Å². The third-order valence-electron chi connectivity index (χ3n) is 4.99. The molecule has 3 aromatic rings. The predicted octanol–water partition coefficient (Wildman–Crippen LogP) is 3.12. The van der Waals surface area contributed by atoms with Gasteiger partial charge < -0.3 is 10.2 Å². The molecule has 6 heteroatoms. The van der Waals surface area contributed by atoms with E-state index in [0.717, 1.165) is 43.0 Å². The molecule has 138 valence electrons. The van der Waals surface area contributed by atoms with Crippen molar-refractivity contribution in [2.45, 2.75) is 12.8 Å². The Hall–Kier alpha value is -3.15. The van der Waals surface area contributed by atoms with Crippen molar-refractivity contribution in [3.63, 3.8) is 0 Å². The van der Waals surface area contributed by atoms with E-state index in [-0.39, 0.29) is 5.91 Å². The lowest BCUT2D eigenvalue weighted by Crippen LogP contribution is -2.41. The summed E-state index contributed by atoms with van der Waals surface area (Å²) in [6.45, 7) is 2.58. The maximum absolute atomic E-state index is 12.7. The van der Waals surface area contributed by atoms with Crippen molar-refractivity contribution in [1.29, 1.82) is 0 Å². The molecule has 1 aromatic carbocycles. The van der Waals surface area contributed by atoms with Crippen molar-refractivity contribution in [2.75, 3.05) is 24.5 Å². The minimum Gasteiger partial charge on any atom is -0.356 e. The maximum Gasteiger partial charge on any atom is 0.255 e. The number of anilines is 1. The molecule has 4 rings (SSSR count). The van der Waals surface area contributed by atoms with E-state index in [1.807, 2.05) is 54.7 Å². The number of rotatable bonds is 5. The first-order valence-electron chi connectivity index (χ1n) is 9.34. The van der Waals surface area contributed by atoms with E-state index in [1.54, 1.807) is 6.20 Å². The van der Waals surface area contributed by atoms with Crippen LogP contribution in [0, 0.1) is 5.92 Å². The Morgan fingerprint density at radius 1 is 1.19 bits per heavy atom. The molecule has 0 radical (unpaired) electrons. The molecule has 0 saturated carbocycles. The number of nitrogens with one attached hydrogen (secondary N) is 2. The summed E-state index contributed by atoms with van der Waals surface area (Å²) < 4.78 is 0. The smallest absolute Gasteiger partial charge is 0.255 e. The van der Waals surface area contributed by atoms with Gasteiger partial charge in [0.15, 0.2) is 0 Å². The van der Waals surface area contributed by atoms with E-state index in [2.05, 4.69) is 25.4 Å². The number of carbonyl (C=O) groups is 1. The SMILES string of the molecule is O=C(NC[C@H]1CCCN(c2ccccn2)C1)c1cn[nH]c1-c1ccccc1. The highest BCUT2D eigenvalue weighted by Crippen LogP contribution is 2.22. The van der Waals surface area contributed by atoms with Gasteiger partial charge in [0.1, 0.15) is 5.82 Å². The molecule has 3 heterocycles. The number of aromatic amines is 1. The lowest BCUT2D eigenvalue weighted by molar-refractivity contribution is 0.0946. The molecule has 2 N–H and O–H groups in total. The first-order chi connectivity index (χ1) is 13.3. The van der Waals surface area contributed by atoms with Crippen LogP contribution in [0.3, 0.4) is 0 Å². The van der Waals surface area contributed by atoms with Crippen LogP contribution in [0.1, 0.15) is 23.2 Å². The number of aromatic nitrogens is 3. The zero-order valence-corrected chi connectivity index (χ0v) is 15.1. The third kappa shape index (κ3) is 4.00. The fourth-order valence-corrected chi connectivity index (χ4v) is 3.60. The van der Waals surface area contributed by atoms with Crippen molar-refractivity contribution in [2.24, 2.45) is 5.92 Å². The van der Waals surface area contributed by atoms with Crippen LogP contribution in [0.15, 0.2) is 60.9 Å². The number of carbonyl (C=O) groups excluding carboxylic acids is 1. The second-order valence-electron chi connectivity index (χ2n) is 6.88. The number of amides is 1. The first kappa shape index (κ1) is 17.3. The van der Waals surface area contributed by atoms with Crippen LogP contribution >= 0.6 is 0 Å². The second kappa shape index (κ2) is 8.03. The van der Waals surface area contributed by atoms with E-state index >= 15 is 0 Å². The number of hydrogen-bond donors (Lipinski definition) is 2. The molecule has 0 spiro atoms. The summed E-state index contributed by atoms with van der Waals surface area (Å²) in [4.78, 5) is 19.4. The summed E-state index contributed by atoms with van der Waals surface area (Å²) in [5.41, 5.74) is 2.30. The highest BCUT2D eigenvalue weighted by molar-refractivity contribution is 5.99. The lowest BCUT2D eigenvalue weighted by Gasteiger charge is -2.33. The minimum absolute atomic E-state index is 0.0856. The van der Waals surface area contributed by atoms with Crippen LogP contribution in [-0.2, 0) is 0 Å². The molecular formula is C21H23N5O. The van der Waals surface area contributed by atoms with Gasteiger partial charge >= 0.3 is 0 Å². The molecule has 0 unspecified atom stereocenters. The van der Waals surface area contributed by atoms with Crippen LogP contribution in [0.25, 0.3) is 11.3 Å². The first-order valence-corrected chi connectivity index (χ1v) is 9.34. The Balaban J connectivity index is 1.38.